The van der Waals surface area contributed by atoms with Crippen molar-refractivity contribution in [2.45, 2.75) is 32.0 Å². The van der Waals surface area contributed by atoms with E-state index in [4.69, 9.17) is 0 Å². The van der Waals surface area contributed by atoms with E-state index < -0.39 is 0 Å². The number of hydrogen-bond acceptors (Lipinski definition) is 2. The molecule has 1 amide bonds. The van der Waals surface area contributed by atoms with Crippen LogP contribution in [0.2, 0.25) is 0 Å². The zero-order valence-electron chi connectivity index (χ0n) is 12.6. The molecule has 3 nitrogen and oxygen atoms in total. The topological polar surface area (TPSA) is 32.3 Å². The Balaban J connectivity index is 1.55. The van der Waals surface area contributed by atoms with Crippen LogP contribution in [0.5, 0.6) is 0 Å². The van der Waals surface area contributed by atoms with E-state index in [0.717, 1.165) is 32.5 Å². The van der Waals surface area contributed by atoms with Gasteiger partial charge in [0.1, 0.15) is 0 Å². The van der Waals surface area contributed by atoms with Crippen molar-refractivity contribution in [3.8, 4) is 11.1 Å². The van der Waals surface area contributed by atoms with Gasteiger partial charge in [0.05, 0.1) is 6.04 Å². The lowest BCUT2D eigenvalue weighted by atomic mass is 10.0. The molecule has 2 aliphatic rings. The smallest absolute Gasteiger partial charge is 0.240 e. The highest BCUT2D eigenvalue weighted by Crippen LogP contribution is 2.29. The number of nitrogens with one attached hydrogen (secondary N) is 1. The van der Waals surface area contributed by atoms with Crippen molar-refractivity contribution in [3.63, 3.8) is 0 Å². The van der Waals surface area contributed by atoms with Crippen molar-refractivity contribution in [3.05, 3.63) is 59.7 Å². The zero-order valence-corrected chi connectivity index (χ0v) is 12.6. The summed E-state index contributed by atoms with van der Waals surface area (Å²) in [5, 5.41) is 3.31. The third kappa shape index (κ3) is 2.42. The van der Waals surface area contributed by atoms with Crippen LogP contribution >= 0.6 is 0 Å². The molecule has 112 valence electrons. The molecule has 0 spiro atoms. The van der Waals surface area contributed by atoms with E-state index in [2.05, 4.69) is 47.8 Å². The molecule has 1 atom stereocenters. The summed E-state index contributed by atoms with van der Waals surface area (Å²) in [6.07, 6.45) is 2.08. The Kier molecular flexibility index (Phi) is 3.43. The van der Waals surface area contributed by atoms with Crippen molar-refractivity contribution >= 4 is 5.91 Å². The Morgan fingerprint density at radius 1 is 1.00 bits per heavy atom. The minimum atomic E-state index is 0.0305. The van der Waals surface area contributed by atoms with Crippen LogP contribution in [0.25, 0.3) is 11.1 Å². The molecule has 1 fully saturated rings. The number of benzene rings is 2. The molecule has 0 aromatic heterocycles. The zero-order chi connectivity index (χ0) is 14.9. The lowest BCUT2D eigenvalue weighted by Crippen LogP contribution is -2.40. The van der Waals surface area contributed by atoms with Crippen LogP contribution in [0.15, 0.2) is 48.5 Å². The van der Waals surface area contributed by atoms with E-state index >= 15 is 0 Å². The maximum atomic E-state index is 12.5. The molecule has 3 heteroatoms. The van der Waals surface area contributed by atoms with Crippen LogP contribution in [-0.4, -0.2) is 23.4 Å². The molecule has 1 saturated heterocycles. The van der Waals surface area contributed by atoms with Gasteiger partial charge in [-0.25, -0.2) is 0 Å². The van der Waals surface area contributed by atoms with E-state index in [1.165, 1.54) is 22.3 Å². The van der Waals surface area contributed by atoms with E-state index in [-0.39, 0.29) is 11.9 Å². The predicted molar refractivity (Wildman–Crippen MR) is 87.2 cm³/mol. The molecule has 2 heterocycles. The molecular weight excluding hydrogens is 272 g/mol. The van der Waals surface area contributed by atoms with Crippen molar-refractivity contribution in [1.29, 1.82) is 0 Å². The van der Waals surface area contributed by atoms with Crippen molar-refractivity contribution < 1.29 is 4.79 Å². The van der Waals surface area contributed by atoms with Crippen LogP contribution in [-0.2, 0) is 17.9 Å². The van der Waals surface area contributed by atoms with Gasteiger partial charge in [0.15, 0.2) is 0 Å². The average molecular weight is 292 g/mol. The molecule has 1 unspecified atom stereocenters. The second-order valence-electron chi connectivity index (χ2n) is 6.19. The molecule has 0 saturated carbocycles. The number of carbonyl (C=O) groups excluding carboxylic acids is 1. The molecule has 0 bridgehead atoms. The highest BCUT2D eigenvalue weighted by Gasteiger charge is 2.30. The largest absolute Gasteiger partial charge is 0.333 e. The first-order valence-electron chi connectivity index (χ1n) is 8.01. The maximum absolute atomic E-state index is 12.5. The fourth-order valence-corrected chi connectivity index (χ4v) is 3.48. The minimum Gasteiger partial charge on any atom is -0.333 e. The van der Waals surface area contributed by atoms with E-state index in [1.807, 2.05) is 11.0 Å². The first-order valence-corrected chi connectivity index (χ1v) is 8.01. The van der Waals surface area contributed by atoms with Crippen LogP contribution in [0.4, 0.5) is 0 Å². The van der Waals surface area contributed by atoms with Crippen LogP contribution in [0, 0.1) is 0 Å². The lowest BCUT2D eigenvalue weighted by Gasteiger charge is -2.19. The number of hydrogen-bond donors (Lipinski definition) is 1. The Labute approximate surface area is 131 Å². The van der Waals surface area contributed by atoms with Gasteiger partial charge in [-0.3, -0.25) is 4.79 Å². The maximum Gasteiger partial charge on any atom is 0.240 e. The van der Waals surface area contributed by atoms with Crippen LogP contribution < -0.4 is 5.32 Å². The summed E-state index contributed by atoms with van der Waals surface area (Å²) in [6.45, 7) is 2.46. The Bertz CT molecular complexity index is 690. The number of carbonyl (C=O) groups is 1. The van der Waals surface area contributed by atoms with Crippen molar-refractivity contribution in [1.82, 2.24) is 10.2 Å². The Hall–Kier alpha value is -2.13. The highest BCUT2D eigenvalue weighted by atomic mass is 16.2. The fraction of sp³-hybridized carbons (Fsp3) is 0.316. The van der Waals surface area contributed by atoms with Crippen molar-refractivity contribution in [2.24, 2.45) is 0 Å². The average Bonchev–Trinajstić information content (AvgIpc) is 3.23. The second-order valence-corrected chi connectivity index (χ2v) is 6.19. The standard InChI is InChI=1S/C19H20N2O/c22-19(18-7-4-10-20-18)21-12-16-9-8-15(11-17(16)13-21)14-5-2-1-3-6-14/h1-3,5-6,8-9,11,18,20H,4,7,10,12-13H2. The van der Waals surface area contributed by atoms with Crippen LogP contribution in [0.3, 0.4) is 0 Å². The third-order valence-electron chi connectivity index (χ3n) is 4.71. The van der Waals surface area contributed by atoms with E-state index in [1.54, 1.807) is 0 Å². The third-order valence-corrected chi connectivity index (χ3v) is 4.71. The second kappa shape index (κ2) is 5.58. The quantitative estimate of drug-likeness (QED) is 0.923. The number of fused-ring (bicyclic) bond motifs is 1. The number of amides is 1. The first-order chi connectivity index (χ1) is 10.8. The normalized spacial score (nSPS) is 20.2. The summed E-state index contributed by atoms with van der Waals surface area (Å²) in [7, 11) is 0. The SMILES string of the molecule is O=C(C1CCCN1)N1Cc2ccc(-c3ccccc3)cc2C1. The summed E-state index contributed by atoms with van der Waals surface area (Å²) in [5.41, 5.74) is 5.03. The number of rotatable bonds is 2. The molecular formula is C19H20N2O. The van der Waals surface area contributed by atoms with E-state index in [0.29, 0.717) is 0 Å². The van der Waals surface area contributed by atoms with Gasteiger partial charge in [0.25, 0.3) is 0 Å². The Morgan fingerprint density at radius 3 is 2.59 bits per heavy atom. The molecule has 0 radical (unpaired) electrons. The predicted octanol–water partition coefficient (Wildman–Crippen LogP) is 2.95. The van der Waals surface area contributed by atoms with Gasteiger partial charge < -0.3 is 10.2 Å². The summed E-state index contributed by atoms with van der Waals surface area (Å²) >= 11 is 0. The van der Waals surface area contributed by atoms with Gasteiger partial charge in [-0.2, -0.15) is 0 Å². The summed E-state index contributed by atoms with van der Waals surface area (Å²) in [5.74, 6) is 0.259. The van der Waals surface area contributed by atoms with Crippen LogP contribution in [0.1, 0.15) is 24.0 Å². The van der Waals surface area contributed by atoms with Gasteiger partial charge in [-0.15, -0.1) is 0 Å². The number of nitrogens with zero attached hydrogens (tertiary/aromatic N) is 1. The molecule has 4 rings (SSSR count). The van der Waals surface area contributed by atoms with Crippen molar-refractivity contribution in [2.75, 3.05) is 6.54 Å². The molecule has 2 aromatic rings. The lowest BCUT2D eigenvalue weighted by molar-refractivity contribution is -0.133. The highest BCUT2D eigenvalue weighted by molar-refractivity contribution is 5.83. The summed E-state index contributed by atoms with van der Waals surface area (Å²) < 4.78 is 0. The van der Waals surface area contributed by atoms with Gasteiger partial charge in [-0.1, -0.05) is 42.5 Å². The summed E-state index contributed by atoms with van der Waals surface area (Å²) in [4.78, 5) is 14.5. The van der Waals surface area contributed by atoms with Gasteiger partial charge in [0, 0.05) is 13.1 Å². The molecule has 0 aliphatic carbocycles. The van der Waals surface area contributed by atoms with Gasteiger partial charge in [0.2, 0.25) is 5.91 Å². The monoisotopic (exact) mass is 292 g/mol. The molecule has 2 aromatic carbocycles. The fourth-order valence-electron chi connectivity index (χ4n) is 3.48. The Morgan fingerprint density at radius 2 is 1.82 bits per heavy atom. The molecule has 22 heavy (non-hydrogen) atoms. The van der Waals surface area contributed by atoms with E-state index in [9.17, 15) is 4.79 Å². The minimum absolute atomic E-state index is 0.0305. The molecule has 1 N–H and O–H groups in total. The van der Waals surface area contributed by atoms with Gasteiger partial charge >= 0.3 is 0 Å². The first kappa shape index (κ1) is 13.5. The summed E-state index contributed by atoms with van der Waals surface area (Å²) in [6, 6.07) is 17.0. The van der Waals surface area contributed by atoms with Gasteiger partial charge in [-0.05, 0) is 47.7 Å². The molecule has 2 aliphatic heterocycles.